The number of unbranched alkanes of at least 4 members (excludes halogenated alkanes) is 4. The molecule has 2 aliphatic heterocycles. The van der Waals surface area contributed by atoms with Gasteiger partial charge in [-0.3, -0.25) is 0 Å². The zero-order chi connectivity index (χ0) is 33.2. The quantitative estimate of drug-likeness (QED) is 0.118. The maximum atomic E-state index is 7.24. The maximum Gasteiger partial charge on any atom is 0.225 e. The average Bonchev–Trinajstić information content (AvgIpc) is 3.68. The van der Waals surface area contributed by atoms with Crippen molar-refractivity contribution in [3.05, 3.63) is 69.9 Å². The minimum absolute atomic E-state index is 0.250. The molecular formula is C39H55ClO7. The van der Waals surface area contributed by atoms with Crippen molar-refractivity contribution >= 4 is 22.6 Å². The highest BCUT2D eigenvalue weighted by molar-refractivity contribution is 6.31. The van der Waals surface area contributed by atoms with Gasteiger partial charge in [-0.1, -0.05) is 71.0 Å². The molecule has 3 heterocycles. The zero-order valence-electron chi connectivity index (χ0n) is 29.1. The van der Waals surface area contributed by atoms with Gasteiger partial charge < -0.3 is 32.8 Å². The highest BCUT2D eigenvalue weighted by Gasteiger charge is 2.62. The van der Waals surface area contributed by atoms with E-state index in [-0.39, 0.29) is 12.2 Å². The molecule has 0 saturated carbocycles. The Morgan fingerprint density at radius 1 is 0.830 bits per heavy atom. The number of rotatable bonds is 19. The summed E-state index contributed by atoms with van der Waals surface area (Å²) in [4.78, 5) is 0. The Balaban J connectivity index is 1.57. The van der Waals surface area contributed by atoms with Gasteiger partial charge in [0.05, 0.1) is 19.0 Å². The van der Waals surface area contributed by atoms with Crippen molar-refractivity contribution < 1.29 is 32.8 Å². The van der Waals surface area contributed by atoms with Gasteiger partial charge in [-0.25, -0.2) is 0 Å². The van der Waals surface area contributed by atoms with Crippen LogP contribution in [-0.4, -0.2) is 56.9 Å². The molecule has 0 N–H and O–H groups in total. The predicted molar refractivity (Wildman–Crippen MR) is 186 cm³/mol. The van der Waals surface area contributed by atoms with Crippen LogP contribution < -0.4 is 0 Å². The van der Waals surface area contributed by atoms with Gasteiger partial charge in [-0.2, -0.15) is 0 Å². The third-order valence-electron chi connectivity index (χ3n) is 9.39. The Morgan fingerprint density at radius 3 is 2.23 bits per heavy atom. The molecule has 2 aromatic carbocycles. The van der Waals surface area contributed by atoms with Gasteiger partial charge in [0.15, 0.2) is 0 Å². The molecule has 260 valence electrons. The van der Waals surface area contributed by atoms with Gasteiger partial charge in [0.1, 0.15) is 30.0 Å². The predicted octanol–water partition coefficient (Wildman–Crippen LogP) is 9.52. The molecule has 2 aliphatic rings. The second-order valence-corrected chi connectivity index (χ2v) is 13.5. The molecule has 1 saturated heterocycles. The lowest BCUT2D eigenvalue weighted by Crippen LogP contribution is -2.67. The van der Waals surface area contributed by atoms with Gasteiger partial charge in [-0.15, -0.1) is 0 Å². The molecule has 8 heteroatoms. The zero-order valence-corrected chi connectivity index (χ0v) is 29.8. The fourth-order valence-electron chi connectivity index (χ4n) is 6.62. The van der Waals surface area contributed by atoms with Crippen LogP contribution in [0.3, 0.4) is 0 Å². The van der Waals surface area contributed by atoms with E-state index in [2.05, 4.69) is 52.8 Å². The number of hydrogen-bond donors (Lipinski definition) is 0. The van der Waals surface area contributed by atoms with E-state index in [4.69, 9.17) is 44.4 Å². The van der Waals surface area contributed by atoms with E-state index in [1.807, 2.05) is 18.2 Å². The van der Waals surface area contributed by atoms with Crippen LogP contribution in [0.15, 0.2) is 47.1 Å². The van der Waals surface area contributed by atoms with Gasteiger partial charge in [0.25, 0.3) is 0 Å². The summed E-state index contributed by atoms with van der Waals surface area (Å²) in [7, 11) is 0. The van der Waals surface area contributed by atoms with Gasteiger partial charge in [0.2, 0.25) is 5.79 Å². The van der Waals surface area contributed by atoms with Crippen LogP contribution in [0.1, 0.15) is 108 Å². The first-order valence-electron chi connectivity index (χ1n) is 18.0. The number of furan rings is 1. The molecule has 1 spiro atoms. The molecule has 7 nitrogen and oxygen atoms in total. The maximum absolute atomic E-state index is 7.24. The van der Waals surface area contributed by atoms with Crippen LogP contribution in [0.4, 0.5) is 0 Å². The standard InChI is InChI=1S/C39H55ClO7/c1-6-10-17-41-27(5)35-36(43-18-11-7-2)37(44-19-12-8-3)38(45-20-13-9-4)39(47-35)32-24-30(33(40)25-31(32)26-46-39)23-28-14-15-34-29(22-28)16-21-42-34/h14-16,21-22,24-25,27,35-38H,6-13,17-20,23,26H2,1-5H3/t27-,35-,36-,37+,38-,39+/m1/s1. The van der Waals surface area contributed by atoms with E-state index in [9.17, 15) is 0 Å². The molecule has 47 heavy (non-hydrogen) atoms. The molecule has 0 amide bonds. The van der Waals surface area contributed by atoms with Crippen molar-refractivity contribution in [2.24, 2.45) is 0 Å². The highest BCUT2D eigenvalue weighted by Crippen LogP contribution is 2.50. The molecule has 6 atom stereocenters. The number of halogens is 1. The van der Waals surface area contributed by atoms with Crippen LogP contribution in [0.2, 0.25) is 5.02 Å². The van der Waals surface area contributed by atoms with E-state index in [0.717, 1.165) is 84.6 Å². The van der Waals surface area contributed by atoms with E-state index < -0.39 is 24.1 Å². The normalized spacial score (nSPS) is 24.7. The van der Waals surface area contributed by atoms with Crippen LogP contribution in [-0.2, 0) is 47.2 Å². The Bertz CT molecular complexity index is 1390. The summed E-state index contributed by atoms with van der Waals surface area (Å²) in [6.07, 6.45) is 8.29. The SMILES string of the molecule is CCCCO[C@H]1[C@H](OCCCC)[C@@H](OCCCC)[C@@]2(OCc3cc(Cl)c(Cc4ccc5occc5c4)cc32)O[C@@H]1[C@@H](C)OCCCC. The lowest BCUT2D eigenvalue weighted by Gasteiger charge is -2.52. The minimum Gasteiger partial charge on any atom is -0.464 e. The third kappa shape index (κ3) is 8.43. The van der Waals surface area contributed by atoms with Crippen LogP contribution in [0.25, 0.3) is 11.0 Å². The number of hydrogen-bond acceptors (Lipinski definition) is 7. The van der Waals surface area contributed by atoms with E-state index in [0.29, 0.717) is 44.5 Å². The average molecular weight is 671 g/mol. The summed E-state index contributed by atoms with van der Waals surface area (Å²) < 4.78 is 46.3. The molecule has 0 aliphatic carbocycles. The fraction of sp³-hybridized carbons (Fsp3) is 0.641. The van der Waals surface area contributed by atoms with Gasteiger partial charge in [-0.05, 0) is 86.1 Å². The number of benzene rings is 2. The molecule has 0 bridgehead atoms. The second kappa shape index (κ2) is 17.6. The van der Waals surface area contributed by atoms with Crippen LogP contribution in [0.5, 0.6) is 0 Å². The summed E-state index contributed by atoms with van der Waals surface area (Å²) >= 11 is 6.97. The third-order valence-corrected chi connectivity index (χ3v) is 9.74. The minimum atomic E-state index is -1.20. The highest BCUT2D eigenvalue weighted by atomic mass is 35.5. The smallest absolute Gasteiger partial charge is 0.225 e. The molecule has 1 aromatic heterocycles. The molecule has 1 fully saturated rings. The number of ether oxygens (including phenoxy) is 6. The van der Waals surface area contributed by atoms with Crippen molar-refractivity contribution in [3.8, 4) is 0 Å². The van der Waals surface area contributed by atoms with E-state index in [1.54, 1.807) is 6.26 Å². The van der Waals surface area contributed by atoms with Crippen molar-refractivity contribution in [2.45, 2.75) is 135 Å². The molecule has 0 radical (unpaired) electrons. The first kappa shape index (κ1) is 36.3. The molecular weight excluding hydrogens is 616 g/mol. The lowest BCUT2D eigenvalue weighted by atomic mass is 9.84. The summed E-state index contributed by atoms with van der Waals surface area (Å²) in [5, 5.41) is 1.78. The van der Waals surface area contributed by atoms with Crippen molar-refractivity contribution in [1.29, 1.82) is 0 Å². The van der Waals surface area contributed by atoms with Gasteiger partial charge in [0, 0.05) is 42.4 Å². The Morgan fingerprint density at radius 2 is 1.51 bits per heavy atom. The van der Waals surface area contributed by atoms with Gasteiger partial charge >= 0.3 is 0 Å². The van der Waals surface area contributed by atoms with Crippen molar-refractivity contribution in [3.63, 3.8) is 0 Å². The molecule has 0 unspecified atom stereocenters. The first-order chi connectivity index (χ1) is 22.9. The summed E-state index contributed by atoms with van der Waals surface area (Å²) in [6.45, 7) is 13.6. The van der Waals surface area contributed by atoms with E-state index in [1.165, 1.54) is 0 Å². The fourth-order valence-corrected chi connectivity index (χ4v) is 6.87. The summed E-state index contributed by atoms with van der Waals surface area (Å²) in [6, 6.07) is 12.5. The monoisotopic (exact) mass is 670 g/mol. The van der Waals surface area contributed by atoms with Crippen LogP contribution >= 0.6 is 11.6 Å². The molecule has 5 rings (SSSR count). The van der Waals surface area contributed by atoms with Crippen molar-refractivity contribution in [2.75, 3.05) is 26.4 Å². The second-order valence-electron chi connectivity index (χ2n) is 13.1. The lowest BCUT2D eigenvalue weighted by molar-refractivity contribution is -0.389. The van der Waals surface area contributed by atoms with Crippen LogP contribution in [0, 0.1) is 0 Å². The van der Waals surface area contributed by atoms with E-state index >= 15 is 0 Å². The Kier molecular flexibility index (Phi) is 13.6. The topological polar surface area (TPSA) is 68.5 Å². The first-order valence-corrected chi connectivity index (χ1v) is 18.4. The summed E-state index contributed by atoms with van der Waals surface area (Å²) in [5.41, 5.74) is 4.97. The summed E-state index contributed by atoms with van der Waals surface area (Å²) in [5.74, 6) is -1.20. The van der Waals surface area contributed by atoms with Crippen molar-refractivity contribution in [1.82, 2.24) is 0 Å². The Labute approximate surface area is 286 Å². The molecule has 3 aromatic rings. The Hall–Kier alpha value is -1.97. The largest absolute Gasteiger partial charge is 0.464 e. The number of fused-ring (bicyclic) bond motifs is 3.